The van der Waals surface area contributed by atoms with Crippen molar-refractivity contribution in [2.24, 2.45) is 0 Å². The normalized spacial score (nSPS) is 11.5. The van der Waals surface area contributed by atoms with Crippen molar-refractivity contribution in [1.82, 2.24) is 0 Å². The maximum absolute atomic E-state index is 11.4. The van der Waals surface area contributed by atoms with Gasteiger partial charge in [-0.25, -0.2) is 0 Å². The molecule has 0 amide bonds. The summed E-state index contributed by atoms with van der Waals surface area (Å²) < 4.78 is 10.0. The van der Waals surface area contributed by atoms with Crippen LogP contribution in [0.4, 0.5) is 0 Å². The van der Waals surface area contributed by atoms with Gasteiger partial charge in [0.05, 0.1) is 0 Å². The second-order valence-electron chi connectivity index (χ2n) is 4.74. The zero-order chi connectivity index (χ0) is 13.7. The average Bonchev–Trinajstić information content (AvgIpc) is 2.15. The topological polar surface area (TPSA) is 52.6 Å². The molecule has 0 aliphatic rings. The Morgan fingerprint density at radius 1 is 0.941 bits per heavy atom. The van der Waals surface area contributed by atoms with E-state index in [0.717, 1.165) is 0 Å². The highest BCUT2D eigenvalue weighted by molar-refractivity contribution is 5.91. The van der Waals surface area contributed by atoms with Crippen molar-refractivity contribution in [2.45, 2.75) is 45.3 Å². The Bertz CT molecular complexity index is 294. The third-order valence-corrected chi connectivity index (χ3v) is 2.03. The van der Waals surface area contributed by atoms with Crippen molar-refractivity contribution in [3.63, 3.8) is 0 Å². The van der Waals surface area contributed by atoms with Crippen molar-refractivity contribution < 1.29 is 19.1 Å². The van der Waals surface area contributed by atoms with E-state index in [1.165, 1.54) is 12.2 Å². The highest BCUT2D eigenvalue weighted by atomic mass is 16.6. The molecular formula is C13H20O4. The van der Waals surface area contributed by atoms with E-state index in [9.17, 15) is 9.59 Å². The summed E-state index contributed by atoms with van der Waals surface area (Å²) in [6.07, 6.45) is 2.56. The van der Waals surface area contributed by atoms with Gasteiger partial charge in [-0.05, 0) is 39.8 Å². The maximum Gasteiger partial charge on any atom is 0.317 e. The first-order valence-corrected chi connectivity index (χ1v) is 5.33. The minimum atomic E-state index is -0.786. The van der Waals surface area contributed by atoms with Gasteiger partial charge in [-0.3, -0.25) is 9.59 Å². The minimum absolute atomic E-state index is 0.422. The molecule has 0 unspecified atom stereocenters. The van der Waals surface area contributed by atoms with Gasteiger partial charge >= 0.3 is 11.9 Å². The van der Waals surface area contributed by atoms with Crippen LogP contribution in [0.5, 0.6) is 0 Å². The standard InChI is InChI=1S/C13H20O4/c1-7-12(3,4)16-10(14)9-11(15)17-13(5,6)8-2/h7-8H,1-2,9H2,3-6H3. The summed E-state index contributed by atoms with van der Waals surface area (Å²) in [5.74, 6) is -1.28. The summed E-state index contributed by atoms with van der Waals surface area (Å²) in [6.45, 7) is 13.8. The molecule has 0 saturated carbocycles. The molecular weight excluding hydrogens is 220 g/mol. The molecule has 0 radical (unpaired) electrons. The van der Waals surface area contributed by atoms with Crippen LogP contribution in [0.15, 0.2) is 25.3 Å². The second kappa shape index (κ2) is 5.66. The van der Waals surface area contributed by atoms with Crippen LogP contribution in [0.3, 0.4) is 0 Å². The van der Waals surface area contributed by atoms with Crippen LogP contribution >= 0.6 is 0 Å². The van der Waals surface area contributed by atoms with Crippen LogP contribution in [0.2, 0.25) is 0 Å². The number of ether oxygens (including phenoxy) is 2. The molecule has 0 N–H and O–H groups in total. The first-order valence-electron chi connectivity index (χ1n) is 5.33. The number of rotatable bonds is 6. The van der Waals surface area contributed by atoms with E-state index in [1.54, 1.807) is 27.7 Å². The number of esters is 2. The largest absolute Gasteiger partial charge is 0.455 e. The molecule has 0 aliphatic carbocycles. The summed E-state index contributed by atoms with van der Waals surface area (Å²) >= 11 is 0. The fraction of sp³-hybridized carbons (Fsp3) is 0.538. The predicted molar refractivity (Wildman–Crippen MR) is 65.4 cm³/mol. The van der Waals surface area contributed by atoms with E-state index in [4.69, 9.17) is 9.47 Å². The van der Waals surface area contributed by atoms with Crippen LogP contribution in [0, 0.1) is 0 Å². The molecule has 0 aromatic rings. The Kier molecular flexibility index (Phi) is 5.13. The molecule has 96 valence electrons. The molecule has 0 aromatic heterocycles. The molecule has 0 aromatic carbocycles. The molecule has 4 nitrogen and oxygen atoms in total. The Balaban J connectivity index is 4.28. The van der Waals surface area contributed by atoms with E-state index in [2.05, 4.69) is 13.2 Å². The number of carbonyl (C=O) groups excluding carboxylic acids is 2. The van der Waals surface area contributed by atoms with E-state index < -0.39 is 29.6 Å². The molecule has 0 atom stereocenters. The van der Waals surface area contributed by atoms with Crippen LogP contribution in [-0.2, 0) is 19.1 Å². The highest BCUT2D eigenvalue weighted by Gasteiger charge is 2.24. The Morgan fingerprint density at radius 2 is 1.24 bits per heavy atom. The molecule has 17 heavy (non-hydrogen) atoms. The van der Waals surface area contributed by atoms with Gasteiger partial charge < -0.3 is 9.47 Å². The first-order chi connectivity index (χ1) is 7.62. The van der Waals surface area contributed by atoms with E-state index in [-0.39, 0.29) is 0 Å². The van der Waals surface area contributed by atoms with Crippen molar-refractivity contribution in [3.8, 4) is 0 Å². The predicted octanol–water partition coefficient (Wildman–Crippen LogP) is 2.39. The van der Waals surface area contributed by atoms with Gasteiger partial charge in [0, 0.05) is 0 Å². The summed E-state index contributed by atoms with van der Waals surface area (Å²) in [6, 6.07) is 0. The van der Waals surface area contributed by atoms with Crippen LogP contribution in [0.25, 0.3) is 0 Å². The van der Waals surface area contributed by atoms with Gasteiger partial charge in [0.2, 0.25) is 0 Å². The minimum Gasteiger partial charge on any atom is -0.455 e. The lowest BCUT2D eigenvalue weighted by atomic mass is 10.1. The van der Waals surface area contributed by atoms with Gasteiger partial charge in [0.15, 0.2) is 0 Å². The Labute approximate surface area is 102 Å². The maximum atomic E-state index is 11.4. The number of carbonyl (C=O) groups is 2. The Morgan fingerprint density at radius 3 is 1.47 bits per heavy atom. The van der Waals surface area contributed by atoms with E-state index in [1.807, 2.05) is 0 Å². The number of hydrogen-bond acceptors (Lipinski definition) is 4. The summed E-state index contributed by atoms with van der Waals surface area (Å²) in [5.41, 5.74) is -1.57. The lowest BCUT2D eigenvalue weighted by Crippen LogP contribution is -2.30. The SMILES string of the molecule is C=CC(C)(C)OC(=O)CC(=O)OC(C)(C)C=C. The summed E-state index contributed by atoms with van der Waals surface area (Å²) in [7, 11) is 0. The van der Waals surface area contributed by atoms with Crippen molar-refractivity contribution in [3.05, 3.63) is 25.3 Å². The third-order valence-electron chi connectivity index (χ3n) is 2.03. The van der Waals surface area contributed by atoms with E-state index >= 15 is 0 Å². The van der Waals surface area contributed by atoms with Gasteiger partial charge in [0.25, 0.3) is 0 Å². The fourth-order valence-electron chi connectivity index (χ4n) is 0.860. The van der Waals surface area contributed by atoms with Gasteiger partial charge in [-0.2, -0.15) is 0 Å². The number of hydrogen-bond donors (Lipinski definition) is 0. The van der Waals surface area contributed by atoms with Crippen molar-refractivity contribution in [2.75, 3.05) is 0 Å². The molecule has 4 heteroatoms. The molecule has 0 bridgehead atoms. The van der Waals surface area contributed by atoms with E-state index in [0.29, 0.717) is 0 Å². The highest BCUT2D eigenvalue weighted by Crippen LogP contribution is 2.14. The fourth-order valence-corrected chi connectivity index (χ4v) is 0.860. The van der Waals surface area contributed by atoms with Gasteiger partial charge in [-0.1, -0.05) is 13.2 Å². The summed E-state index contributed by atoms with van der Waals surface area (Å²) in [4.78, 5) is 22.8. The molecule has 0 heterocycles. The zero-order valence-corrected chi connectivity index (χ0v) is 10.9. The van der Waals surface area contributed by atoms with Crippen LogP contribution in [0.1, 0.15) is 34.1 Å². The van der Waals surface area contributed by atoms with Gasteiger partial charge in [0.1, 0.15) is 17.6 Å². The first kappa shape index (κ1) is 15.4. The van der Waals surface area contributed by atoms with Crippen LogP contribution < -0.4 is 0 Å². The van der Waals surface area contributed by atoms with Crippen molar-refractivity contribution in [1.29, 1.82) is 0 Å². The monoisotopic (exact) mass is 240 g/mol. The lowest BCUT2D eigenvalue weighted by molar-refractivity contribution is -0.163. The molecule has 0 aliphatic heterocycles. The molecule has 0 rings (SSSR count). The Hall–Kier alpha value is -1.58. The lowest BCUT2D eigenvalue weighted by Gasteiger charge is -2.22. The second-order valence-corrected chi connectivity index (χ2v) is 4.74. The van der Waals surface area contributed by atoms with Gasteiger partial charge in [-0.15, -0.1) is 0 Å². The quantitative estimate of drug-likeness (QED) is 0.406. The average molecular weight is 240 g/mol. The van der Waals surface area contributed by atoms with Crippen molar-refractivity contribution >= 4 is 11.9 Å². The molecule has 0 spiro atoms. The third kappa shape index (κ3) is 6.56. The smallest absolute Gasteiger partial charge is 0.317 e. The van der Waals surface area contributed by atoms with Crippen LogP contribution in [-0.4, -0.2) is 23.1 Å². The zero-order valence-electron chi connectivity index (χ0n) is 10.9. The molecule has 0 saturated heterocycles. The summed E-state index contributed by atoms with van der Waals surface area (Å²) in [5, 5.41) is 0. The molecule has 0 fully saturated rings.